The minimum Gasteiger partial charge on any atom is -0.331 e. The molecule has 17 heavy (non-hydrogen) atoms. The van der Waals surface area contributed by atoms with Crippen molar-refractivity contribution in [3.8, 4) is 0 Å². The molecule has 7 heteroatoms. The summed E-state index contributed by atoms with van der Waals surface area (Å²) in [6, 6.07) is 0. The smallest absolute Gasteiger partial charge is 0.00461 e. The van der Waals surface area contributed by atoms with Gasteiger partial charge in [-0.3, -0.25) is 0 Å². The Morgan fingerprint density at radius 1 is 0.529 bits per heavy atom. The summed E-state index contributed by atoms with van der Waals surface area (Å²) in [5, 5.41) is 0. The standard InChI is InChI=1S/3C2H8N2.C2H7N.C2H4/c3*3-1-2-4;1-2-3;1-2/h3*1-4H2;2-3H2,1H3;1-2H2. The van der Waals surface area contributed by atoms with E-state index in [4.69, 9.17) is 40.1 Å². The van der Waals surface area contributed by atoms with E-state index < -0.39 is 0 Å². The fourth-order valence-corrected chi connectivity index (χ4v) is 0. The Kier molecular flexibility index (Phi) is 136. The first-order chi connectivity index (χ1) is 8.16. The van der Waals surface area contributed by atoms with E-state index in [1.54, 1.807) is 0 Å². The Hall–Kier alpha value is -0.540. The van der Waals surface area contributed by atoms with Crippen LogP contribution in [0.3, 0.4) is 0 Å². The fraction of sp³-hybridized carbons (Fsp3) is 0.800. The molecule has 0 aliphatic rings. The molecular formula is C10H35N7. The van der Waals surface area contributed by atoms with Crippen LogP contribution in [0.5, 0.6) is 0 Å². The zero-order chi connectivity index (χ0) is 14.9. The maximum Gasteiger partial charge on any atom is 0.00461 e. The van der Waals surface area contributed by atoms with Gasteiger partial charge in [0.05, 0.1) is 0 Å². The summed E-state index contributed by atoms with van der Waals surface area (Å²) in [6.45, 7) is 12.2. The first-order valence-electron chi connectivity index (χ1n) is 5.56. The molecule has 0 aliphatic carbocycles. The van der Waals surface area contributed by atoms with Crippen LogP contribution in [0.15, 0.2) is 13.2 Å². The molecule has 0 heterocycles. The predicted molar refractivity (Wildman–Crippen MR) is 80.3 cm³/mol. The predicted octanol–water partition coefficient (Wildman–Crippen LogP) is -2.52. The third-order valence-electron chi connectivity index (χ3n) is 0.500. The molecule has 0 amide bonds. The van der Waals surface area contributed by atoms with Crippen LogP contribution in [0.1, 0.15) is 6.92 Å². The van der Waals surface area contributed by atoms with Crippen molar-refractivity contribution < 1.29 is 0 Å². The van der Waals surface area contributed by atoms with E-state index in [9.17, 15) is 0 Å². The minimum atomic E-state index is 0.597. The van der Waals surface area contributed by atoms with Gasteiger partial charge >= 0.3 is 0 Å². The monoisotopic (exact) mass is 253 g/mol. The maximum absolute atomic E-state index is 4.90. The molecule has 0 bridgehead atoms. The van der Waals surface area contributed by atoms with Crippen LogP contribution in [0.4, 0.5) is 0 Å². The molecule has 0 fully saturated rings. The third kappa shape index (κ3) is 463. The fourth-order valence-electron chi connectivity index (χ4n) is 0. The van der Waals surface area contributed by atoms with Crippen LogP contribution in [-0.4, -0.2) is 45.8 Å². The van der Waals surface area contributed by atoms with E-state index in [1.807, 2.05) is 6.92 Å². The summed E-state index contributed by atoms with van der Waals surface area (Å²) in [5.41, 5.74) is 34.3. The Labute approximate surface area is 107 Å². The lowest BCUT2D eigenvalue weighted by Gasteiger charge is -1.72. The van der Waals surface area contributed by atoms with E-state index in [0.717, 1.165) is 6.54 Å². The van der Waals surface area contributed by atoms with Gasteiger partial charge in [0.25, 0.3) is 0 Å². The van der Waals surface area contributed by atoms with E-state index >= 15 is 0 Å². The highest BCUT2D eigenvalue weighted by Gasteiger charge is 1.55. The summed E-state index contributed by atoms with van der Waals surface area (Å²) in [5.74, 6) is 0. The van der Waals surface area contributed by atoms with E-state index in [0.29, 0.717) is 39.3 Å². The van der Waals surface area contributed by atoms with Crippen molar-refractivity contribution in [1.82, 2.24) is 0 Å². The molecule has 14 N–H and O–H groups in total. The molecule has 110 valence electrons. The molecule has 0 aromatic carbocycles. The highest BCUT2D eigenvalue weighted by molar-refractivity contribution is 4.26. The van der Waals surface area contributed by atoms with E-state index in [1.165, 1.54) is 0 Å². The average Bonchev–Trinajstić information content (AvgIpc) is 2.42. The topological polar surface area (TPSA) is 182 Å². The number of hydrogen-bond donors (Lipinski definition) is 7. The van der Waals surface area contributed by atoms with Gasteiger partial charge < -0.3 is 40.1 Å². The second-order valence-electron chi connectivity index (χ2n) is 2.14. The van der Waals surface area contributed by atoms with Crippen LogP contribution < -0.4 is 40.1 Å². The number of rotatable bonds is 3. The zero-order valence-electron chi connectivity index (χ0n) is 11.4. The second-order valence-corrected chi connectivity index (χ2v) is 2.14. The SMILES string of the molecule is C=C.CCN.NCCN.NCCN.NCCN. The molecule has 0 saturated carbocycles. The van der Waals surface area contributed by atoms with Gasteiger partial charge in [0, 0.05) is 39.3 Å². The zero-order valence-corrected chi connectivity index (χ0v) is 11.4. The molecule has 0 rings (SSSR count). The number of nitrogens with two attached hydrogens (primary N) is 7. The van der Waals surface area contributed by atoms with E-state index in [-0.39, 0.29) is 0 Å². The summed E-state index contributed by atoms with van der Waals surface area (Å²) < 4.78 is 0. The largest absolute Gasteiger partial charge is 0.331 e. The average molecular weight is 253 g/mol. The molecule has 0 saturated heterocycles. The van der Waals surface area contributed by atoms with Crippen LogP contribution in [0.25, 0.3) is 0 Å². The summed E-state index contributed by atoms with van der Waals surface area (Å²) in [4.78, 5) is 0. The van der Waals surface area contributed by atoms with Crippen molar-refractivity contribution in [2.24, 2.45) is 40.1 Å². The van der Waals surface area contributed by atoms with Crippen molar-refractivity contribution in [2.45, 2.75) is 6.92 Å². The first-order valence-corrected chi connectivity index (χ1v) is 5.56. The van der Waals surface area contributed by atoms with Gasteiger partial charge in [0.1, 0.15) is 0 Å². The molecule has 0 atom stereocenters. The Morgan fingerprint density at radius 2 is 0.588 bits per heavy atom. The molecular weight excluding hydrogens is 218 g/mol. The summed E-state index contributed by atoms with van der Waals surface area (Å²) in [6.07, 6.45) is 0. The van der Waals surface area contributed by atoms with E-state index in [2.05, 4.69) is 13.2 Å². The van der Waals surface area contributed by atoms with Crippen LogP contribution in [0, 0.1) is 0 Å². The van der Waals surface area contributed by atoms with Crippen molar-refractivity contribution in [3.63, 3.8) is 0 Å². The molecule has 0 spiro atoms. The highest BCUT2D eigenvalue weighted by atomic mass is 14.6. The van der Waals surface area contributed by atoms with Crippen LogP contribution in [0.2, 0.25) is 0 Å². The Morgan fingerprint density at radius 3 is 0.588 bits per heavy atom. The lowest BCUT2D eigenvalue weighted by Crippen LogP contribution is -2.11. The van der Waals surface area contributed by atoms with Gasteiger partial charge in [0.2, 0.25) is 0 Å². The van der Waals surface area contributed by atoms with Gasteiger partial charge in [-0.15, -0.1) is 13.2 Å². The summed E-state index contributed by atoms with van der Waals surface area (Å²) >= 11 is 0. The van der Waals surface area contributed by atoms with Crippen LogP contribution >= 0.6 is 0 Å². The Balaban J connectivity index is -0.0000000361. The second kappa shape index (κ2) is 77.5. The quantitative estimate of drug-likeness (QED) is 0.271. The minimum absolute atomic E-state index is 0.597. The van der Waals surface area contributed by atoms with Gasteiger partial charge in [-0.1, -0.05) is 6.92 Å². The number of hydrogen-bond acceptors (Lipinski definition) is 7. The third-order valence-corrected chi connectivity index (χ3v) is 0.500. The van der Waals surface area contributed by atoms with Gasteiger partial charge in [-0.05, 0) is 6.54 Å². The van der Waals surface area contributed by atoms with Gasteiger partial charge in [0.15, 0.2) is 0 Å². The normalized spacial score (nSPS) is 6.59. The molecule has 0 unspecified atom stereocenters. The van der Waals surface area contributed by atoms with Crippen molar-refractivity contribution >= 4 is 0 Å². The van der Waals surface area contributed by atoms with Crippen molar-refractivity contribution in [3.05, 3.63) is 13.2 Å². The van der Waals surface area contributed by atoms with Gasteiger partial charge in [-0.2, -0.15) is 0 Å². The molecule has 0 aliphatic heterocycles. The first kappa shape index (κ1) is 30.0. The lowest BCUT2D eigenvalue weighted by molar-refractivity contribution is 0.976. The highest BCUT2D eigenvalue weighted by Crippen LogP contribution is 1.25. The lowest BCUT2D eigenvalue weighted by atomic mass is 10.7. The van der Waals surface area contributed by atoms with Gasteiger partial charge in [-0.25, -0.2) is 0 Å². The maximum atomic E-state index is 4.90. The van der Waals surface area contributed by atoms with Crippen molar-refractivity contribution in [2.75, 3.05) is 45.8 Å². The van der Waals surface area contributed by atoms with Crippen molar-refractivity contribution in [1.29, 1.82) is 0 Å². The molecule has 7 nitrogen and oxygen atoms in total. The van der Waals surface area contributed by atoms with Crippen LogP contribution in [-0.2, 0) is 0 Å². The molecule has 0 radical (unpaired) electrons. The molecule has 0 aromatic rings. The molecule has 0 aromatic heterocycles. The summed E-state index contributed by atoms with van der Waals surface area (Å²) in [7, 11) is 0. The Bertz CT molecular complexity index is 49.1.